The molecule has 1 aliphatic carbocycles. The molecule has 0 saturated carbocycles. The van der Waals surface area contributed by atoms with Crippen molar-refractivity contribution in [3.05, 3.63) is 53.9 Å². The first-order valence-electron chi connectivity index (χ1n) is 10.1. The van der Waals surface area contributed by atoms with E-state index in [0.29, 0.717) is 34.9 Å². The maximum atomic E-state index is 12.9. The number of rotatable bonds is 4. The highest BCUT2D eigenvalue weighted by atomic mass is 19.4. The first kappa shape index (κ1) is 19.5. The Morgan fingerprint density at radius 3 is 2.71 bits per heavy atom. The van der Waals surface area contributed by atoms with Gasteiger partial charge in [-0.1, -0.05) is 12.1 Å². The number of H-pyrrole nitrogens is 1. The second-order valence-electron chi connectivity index (χ2n) is 7.56. The number of anilines is 1. The van der Waals surface area contributed by atoms with Gasteiger partial charge >= 0.3 is 6.18 Å². The number of aromatic amines is 1. The van der Waals surface area contributed by atoms with E-state index in [1.54, 1.807) is 6.33 Å². The van der Waals surface area contributed by atoms with E-state index >= 15 is 0 Å². The van der Waals surface area contributed by atoms with Crippen LogP contribution in [0.15, 0.2) is 36.9 Å². The Bertz CT molecular complexity index is 1220. The van der Waals surface area contributed by atoms with E-state index in [1.165, 1.54) is 18.5 Å². The summed E-state index contributed by atoms with van der Waals surface area (Å²) in [7, 11) is 0. The van der Waals surface area contributed by atoms with Crippen molar-refractivity contribution in [1.29, 1.82) is 0 Å². The predicted molar refractivity (Wildman–Crippen MR) is 109 cm³/mol. The van der Waals surface area contributed by atoms with Crippen LogP contribution in [0.3, 0.4) is 0 Å². The van der Waals surface area contributed by atoms with Crippen LogP contribution in [-0.2, 0) is 25.6 Å². The van der Waals surface area contributed by atoms with Gasteiger partial charge in [-0.25, -0.2) is 19.9 Å². The van der Waals surface area contributed by atoms with E-state index in [4.69, 9.17) is 4.98 Å². The van der Waals surface area contributed by atoms with Crippen molar-refractivity contribution in [3.8, 4) is 11.4 Å². The van der Waals surface area contributed by atoms with Gasteiger partial charge in [0.1, 0.15) is 12.2 Å². The lowest BCUT2D eigenvalue weighted by Gasteiger charge is -2.23. The van der Waals surface area contributed by atoms with Crippen LogP contribution < -0.4 is 5.32 Å². The van der Waals surface area contributed by atoms with Crippen LogP contribution in [0.4, 0.5) is 19.0 Å². The molecule has 1 unspecified atom stereocenters. The quantitative estimate of drug-likeness (QED) is 0.509. The standard InChI is InChI=1S/C21H20F3N7/c1-2-31-19(12-3-5-13(6-4-12)21(22,23)24)30-17-18(27-11-28-20(17)31)29-14-7-8-15-16(9-14)26-10-25-15/h3-6,10-11,14H,2,7-9H2,1H3,(H,25,26)(H,27,28,29). The Balaban J connectivity index is 1.50. The van der Waals surface area contributed by atoms with Gasteiger partial charge < -0.3 is 14.9 Å². The fraction of sp³-hybridized carbons (Fsp3) is 0.333. The lowest BCUT2D eigenvalue weighted by atomic mass is 9.96. The minimum absolute atomic E-state index is 0.173. The minimum Gasteiger partial charge on any atom is -0.365 e. The molecule has 0 radical (unpaired) electrons. The van der Waals surface area contributed by atoms with Gasteiger partial charge in [0, 0.05) is 30.3 Å². The molecule has 0 saturated heterocycles. The molecule has 0 spiro atoms. The smallest absolute Gasteiger partial charge is 0.365 e. The Morgan fingerprint density at radius 2 is 1.97 bits per heavy atom. The summed E-state index contributed by atoms with van der Waals surface area (Å²) >= 11 is 0. The molecule has 7 nitrogen and oxygen atoms in total. The summed E-state index contributed by atoms with van der Waals surface area (Å²) in [5, 5.41) is 3.48. The summed E-state index contributed by atoms with van der Waals surface area (Å²) in [6.07, 6.45) is 1.44. The van der Waals surface area contributed by atoms with E-state index < -0.39 is 11.7 Å². The van der Waals surface area contributed by atoms with Gasteiger partial charge in [0.05, 0.1) is 17.6 Å². The van der Waals surface area contributed by atoms with Gasteiger partial charge in [-0.05, 0) is 31.9 Å². The molecular formula is C21H20F3N7. The number of alkyl halides is 3. The van der Waals surface area contributed by atoms with Gasteiger partial charge in [-0.3, -0.25) is 0 Å². The number of hydrogen-bond donors (Lipinski definition) is 2. The normalized spacial score (nSPS) is 16.5. The van der Waals surface area contributed by atoms with Gasteiger partial charge in [-0.15, -0.1) is 0 Å². The number of aromatic nitrogens is 6. The number of benzene rings is 1. The van der Waals surface area contributed by atoms with E-state index in [1.807, 2.05) is 11.5 Å². The summed E-state index contributed by atoms with van der Waals surface area (Å²) in [5.41, 5.74) is 3.39. The van der Waals surface area contributed by atoms with Crippen molar-refractivity contribution in [2.45, 2.75) is 44.9 Å². The van der Waals surface area contributed by atoms with E-state index in [2.05, 4.69) is 25.3 Å². The molecule has 10 heteroatoms. The van der Waals surface area contributed by atoms with Gasteiger partial charge in [-0.2, -0.15) is 13.2 Å². The van der Waals surface area contributed by atoms with Crippen LogP contribution in [-0.4, -0.2) is 35.5 Å². The molecule has 2 N–H and O–H groups in total. The number of imidazole rings is 2. The fourth-order valence-electron chi connectivity index (χ4n) is 4.09. The van der Waals surface area contributed by atoms with Gasteiger partial charge in [0.2, 0.25) is 0 Å². The summed E-state index contributed by atoms with van der Waals surface area (Å²) in [6.45, 7) is 2.52. The molecule has 1 aromatic carbocycles. The molecule has 0 amide bonds. The van der Waals surface area contributed by atoms with Crippen molar-refractivity contribution in [2.75, 3.05) is 5.32 Å². The maximum Gasteiger partial charge on any atom is 0.416 e. The van der Waals surface area contributed by atoms with Crippen molar-refractivity contribution >= 4 is 17.0 Å². The zero-order valence-corrected chi connectivity index (χ0v) is 16.7. The number of nitrogens with zero attached hydrogens (tertiary/aromatic N) is 5. The van der Waals surface area contributed by atoms with Crippen molar-refractivity contribution in [3.63, 3.8) is 0 Å². The number of nitrogens with one attached hydrogen (secondary N) is 2. The Hall–Kier alpha value is -3.43. The summed E-state index contributed by atoms with van der Waals surface area (Å²) in [5.74, 6) is 1.19. The molecule has 3 aromatic heterocycles. The lowest BCUT2D eigenvalue weighted by molar-refractivity contribution is -0.137. The molecular weight excluding hydrogens is 407 g/mol. The highest BCUT2D eigenvalue weighted by molar-refractivity contribution is 5.86. The van der Waals surface area contributed by atoms with Crippen LogP contribution in [0, 0.1) is 0 Å². The Labute approximate surface area is 175 Å². The first-order valence-corrected chi connectivity index (χ1v) is 10.1. The second-order valence-corrected chi connectivity index (χ2v) is 7.56. The fourth-order valence-corrected chi connectivity index (χ4v) is 4.09. The van der Waals surface area contributed by atoms with Crippen LogP contribution in [0.1, 0.15) is 30.3 Å². The third-order valence-electron chi connectivity index (χ3n) is 5.65. The minimum atomic E-state index is -4.37. The largest absolute Gasteiger partial charge is 0.416 e. The first-order chi connectivity index (χ1) is 14.9. The maximum absolute atomic E-state index is 12.9. The molecule has 1 aliphatic rings. The second kappa shape index (κ2) is 7.36. The Kier molecular flexibility index (Phi) is 4.64. The zero-order chi connectivity index (χ0) is 21.6. The molecule has 0 aliphatic heterocycles. The number of fused-ring (bicyclic) bond motifs is 2. The Morgan fingerprint density at radius 1 is 1.16 bits per heavy atom. The third-order valence-corrected chi connectivity index (χ3v) is 5.65. The number of aryl methyl sites for hydroxylation is 2. The molecule has 5 rings (SSSR count). The van der Waals surface area contributed by atoms with Crippen LogP contribution in [0.25, 0.3) is 22.6 Å². The third kappa shape index (κ3) is 3.51. The summed E-state index contributed by atoms with van der Waals surface area (Å²) in [6, 6.07) is 5.20. The molecule has 31 heavy (non-hydrogen) atoms. The molecule has 3 heterocycles. The van der Waals surface area contributed by atoms with Crippen molar-refractivity contribution in [2.24, 2.45) is 0 Å². The van der Waals surface area contributed by atoms with E-state index in [9.17, 15) is 13.2 Å². The predicted octanol–water partition coefficient (Wildman–Crippen LogP) is 4.22. The lowest BCUT2D eigenvalue weighted by Crippen LogP contribution is -2.28. The van der Waals surface area contributed by atoms with Crippen LogP contribution in [0.2, 0.25) is 0 Å². The molecule has 160 valence electrons. The molecule has 4 aromatic rings. The number of halogens is 3. The van der Waals surface area contributed by atoms with Crippen molar-refractivity contribution < 1.29 is 13.2 Å². The van der Waals surface area contributed by atoms with Crippen molar-refractivity contribution in [1.82, 2.24) is 29.5 Å². The average Bonchev–Trinajstić information content (AvgIpc) is 3.37. The summed E-state index contributed by atoms with van der Waals surface area (Å²) in [4.78, 5) is 21.0. The highest BCUT2D eigenvalue weighted by Gasteiger charge is 2.30. The van der Waals surface area contributed by atoms with E-state index in [0.717, 1.165) is 42.8 Å². The molecule has 0 fully saturated rings. The highest BCUT2D eigenvalue weighted by Crippen LogP contribution is 2.32. The van der Waals surface area contributed by atoms with Gasteiger partial charge in [0.25, 0.3) is 0 Å². The van der Waals surface area contributed by atoms with Crippen LogP contribution in [0.5, 0.6) is 0 Å². The van der Waals surface area contributed by atoms with Gasteiger partial charge in [0.15, 0.2) is 17.0 Å². The molecule has 1 atom stereocenters. The SMILES string of the molecule is CCn1c(-c2ccc(C(F)(F)F)cc2)nc2c(NC3CCc4nc[nH]c4C3)ncnc21. The number of hydrogen-bond acceptors (Lipinski definition) is 5. The topological polar surface area (TPSA) is 84.3 Å². The average molecular weight is 427 g/mol. The zero-order valence-electron chi connectivity index (χ0n) is 16.7. The monoisotopic (exact) mass is 427 g/mol. The van der Waals surface area contributed by atoms with E-state index in [-0.39, 0.29) is 6.04 Å². The molecule has 0 bridgehead atoms. The van der Waals surface area contributed by atoms with Crippen LogP contribution >= 0.6 is 0 Å². The summed E-state index contributed by atoms with van der Waals surface area (Å²) < 4.78 is 40.7.